The van der Waals surface area contributed by atoms with Crippen LogP contribution in [0.15, 0.2) is 0 Å². The second-order valence-corrected chi connectivity index (χ2v) is 11.7. The predicted molar refractivity (Wildman–Crippen MR) is 113 cm³/mol. The molecule has 1 N–H and O–H groups in total. The van der Waals surface area contributed by atoms with Crippen molar-refractivity contribution in [1.29, 1.82) is 0 Å². The van der Waals surface area contributed by atoms with Gasteiger partial charge in [0.05, 0.1) is 60.3 Å². The van der Waals surface area contributed by atoms with Crippen molar-refractivity contribution in [3.63, 3.8) is 0 Å². The minimum atomic E-state index is -4.11. The molecule has 1 atom stereocenters. The van der Waals surface area contributed by atoms with E-state index in [1.165, 1.54) is 0 Å². The van der Waals surface area contributed by atoms with E-state index in [2.05, 4.69) is 0 Å². The SMILES string of the molecule is COCCOCCOCCOP(=O)(O)OCC[N+](C)(C)CCC[Si](OC)(OC)OC. The zero-order valence-electron chi connectivity index (χ0n) is 19.3. The van der Waals surface area contributed by atoms with E-state index in [4.69, 9.17) is 36.5 Å². The molecular formula is C17H41NO10PSi+. The third-order valence-electron chi connectivity index (χ3n) is 4.42. The Hall–Kier alpha value is 0.0469. The standard InChI is InChI=1S/C17H40NO10PSi/c1-18(2,8-7-17-30(22-4,23-5)24-6)9-10-27-29(19,20)28-16-15-26-14-13-25-12-11-21-3/h7-17H2,1-6H3/p+1. The third-order valence-corrected chi connectivity index (χ3v) is 8.27. The molecule has 0 amide bonds. The normalized spacial score (nSPS) is 14.8. The van der Waals surface area contributed by atoms with Gasteiger partial charge in [0.1, 0.15) is 13.2 Å². The molecule has 182 valence electrons. The van der Waals surface area contributed by atoms with Crippen LogP contribution in [0.1, 0.15) is 6.42 Å². The zero-order chi connectivity index (χ0) is 22.9. The maximum atomic E-state index is 11.9. The van der Waals surface area contributed by atoms with Crippen LogP contribution in [0.3, 0.4) is 0 Å². The number of ether oxygens (including phenoxy) is 3. The van der Waals surface area contributed by atoms with E-state index in [1.54, 1.807) is 28.4 Å². The predicted octanol–water partition coefficient (Wildman–Crippen LogP) is 1.14. The molecule has 0 spiro atoms. The van der Waals surface area contributed by atoms with E-state index in [0.717, 1.165) is 13.0 Å². The molecule has 0 aliphatic carbocycles. The molecule has 0 rings (SSSR count). The zero-order valence-corrected chi connectivity index (χ0v) is 21.2. The smallest absolute Gasteiger partial charge is 0.382 e. The van der Waals surface area contributed by atoms with Gasteiger partial charge in [-0.2, -0.15) is 0 Å². The fraction of sp³-hybridized carbons (Fsp3) is 1.00. The molecule has 0 aromatic rings. The Balaban J connectivity index is 3.94. The number of quaternary nitrogens is 1. The fourth-order valence-corrected chi connectivity index (χ4v) is 4.90. The molecule has 13 heteroatoms. The summed E-state index contributed by atoms with van der Waals surface area (Å²) in [7, 11) is 3.72. The molecule has 0 saturated carbocycles. The number of phosphoric ester groups is 1. The summed E-state index contributed by atoms with van der Waals surface area (Å²) in [5.74, 6) is 0. The summed E-state index contributed by atoms with van der Waals surface area (Å²) in [6, 6.07) is 0.693. The van der Waals surface area contributed by atoms with Crippen molar-refractivity contribution >= 4 is 16.6 Å². The molecule has 1 unspecified atom stereocenters. The van der Waals surface area contributed by atoms with E-state index in [-0.39, 0.29) is 19.8 Å². The van der Waals surface area contributed by atoms with Gasteiger partial charge < -0.3 is 36.9 Å². The largest absolute Gasteiger partial charge is 0.500 e. The lowest BCUT2D eigenvalue weighted by Gasteiger charge is -2.31. The van der Waals surface area contributed by atoms with Crippen molar-refractivity contribution in [2.24, 2.45) is 0 Å². The molecule has 11 nitrogen and oxygen atoms in total. The molecule has 0 aliphatic rings. The second-order valence-electron chi connectivity index (χ2n) is 7.13. The first kappa shape index (κ1) is 30.0. The van der Waals surface area contributed by atoms with Crippen molar-refractivity contribution in [1.82, 2.24) is 0 Å². The summed E-state index contributed by atoms with van der Waals surface area (Å²) in [6.07, 6.45) is 0.828. The van der Waals surface area contributed by atoms with Crippen molar-refractivity contribution in [2.45, 2.75) is 12.5 Å². The van der Waals surface area contributed by atoms with Gasteiger partial charge in [0.15, 0.2) is 0 Å². The number of hydrogen-bond acceptors (Lipinski definition) is 9. The highest BCUT2D eigenvalue weighted by Crippen LogP contribution is 2.42. The van der Waals surface area contributed by atoms with Gasteiger partial charge in [-0.3, -0.25) is 9.05 Å². The molecule has 0 aliphatic heterocycles. The number of nitrogens with zero attached hydrogens (tertiary/aromatic N) is 1. The van der Waals surface area contributed by atoms with Crippen LogP contribution in [0.4, 0.5) is 0 Å². The highest BCUT2D eigenvalue weighted by Gasteiger charge is 2.37. The second kappa shape index (κ2) is 16.6. The number of methoxy groups -OCH3 is 1. The van der Waals surface area contributed by atoms with Crippen molar-refractivity contribution in [3.05, 3.63) is 0 Å². The number of phosphoric acid groups is 1. The maximum Gasteiger partial charge on any atom is 0.500 e. The van der Waals surface area contributed by atoms with Crippen LogP contribution < -0.4 is 0 Å². The molecule has 0 fully saturated rings. The lowest BCUT2D eigenvalue weighted by molar-refractivity contribution is -0.890. The highest BCUT2D eigenvalue weighted by molar-refractivity contribution is 7.47. The van der Waals surface area contributed by atoms with E-state index in [9.17, 15) is 9.46 Å². The van der Waals surface area contributed by atoms with Crippen LogP contribution in [-0.4, -0.2) is 120 Å². The third kappa shape index (κ3) is 14.9. The van der Waals surface area contributed by atoms with Gasteiger partial charge in [0.25, 0.3) is 0 Å². The van der Waals surface area contributed by atoms with E-state index in [0.29, 0.717) is 43.5 Å². The first-order valence-electron chi connectivity index (χ1n) is 9.89. The van der Waals surface area contributed by atoms with Crippen molar-refractivity contribution in [3.8, 4) is 0 Å². The van der Waals surface area contributed by atoms with Gasteiger partial charge in [-0.1, -0.05) is 0 Å². The lowest BCUT2D eigenvalue weighted by Crippen LogP contribution is -2.46. The van der Waals surface area contributed by atoms with Gasteiger partial charge in [0, 0.05) is 40.9 Å². The van der Waals surface area contributed by atoms with Crippen LogP contribution in [0.25, 0.3) is 0 Å². The summed E-state index contributed by atoms with van der Waals surface area (Å²) in [4.78, 5) is 9.76. The Morgan fingerprint density at radius 1 is 0.767 bits per heavy atom. The first-order valence-corrected chi connectivity index (χ1v) is 13.3. The van der Waals surface area contributed by atoms with E-state index >= 15 is 0 Å². The van der Waals surface area contributed by atoms with Gasteiger partial charge in [0.2, 0.25) is 0 Å². The average molecular weight is 479 g/mol. The van der Waals surface area contributed by atoms with Gasteiger partial charge in [-0.05, 0) is 0 Å². The molecule has 0 heterocycles. The molecular weight excluding hydrogens is 437 g/mol. The van der Waals surface area contributed by atoms with Gasteiger partial charge >= 0.3 is 16.6 Å². The summed E-state index contributed by atoms with van der Waals surface area (Å²) in [5, 5.41) is 0. The number of rotatable bonds is 21. The minimum Gasteiger partial charge on any atom is -0.382 e. The minimum absolute atomic E-state index is 0.0398. The molecule has 0 aromatic heterocycles. The molecule has 30 heavy (non-hydrogen) atoms. The Bertz CT molecular complexity index is 460. The van der Waals surface area contributed by atoms with Crippen molar-refractivity contribution in [2.75, 3.05) is 102 Å². The van der Waals surface area contributed by atoms with Gasteiger partial charge in [-0.25, -0.2) is 4.57 Å². The lowest BCUT2D eigenvalue weighted by atomic mass is 10.4. The summed E-state index contributed by atoms with van der Waals surface area (Å²) >= 11 is 0. The summed E-state index contributed by atoms with van der Waals surface area (Å²) in [5.41, 5.74) is 0. The Morgan fingerprint density at radius 3 is 1.80 bits per heavy atom. The molecule has 0 saturated heterocycles. The first-order chi connectivity index (χ1) is 14.2. The Morgan fingerprint density at radius 2 is 1.27 bits per heavy atom. The van der Waals surface area contributed by atoms with E-state index in [1.807, 2.05) is 14.1 Å². The van der Waals surface area contributed by atoms with Crippen molar-refractivity contribution < 1.29 is 50.5 Å². The van der Waals surface area contributed by atoms with Crippen LogP contribution in [0, 0.1) is 0 Å². The van der Waals surface area contributed by atoms with Crippen LogP contribution in [0.2, 0.25) is 6.04 Å². The molecule has 0 bridgehead atoms. The molecule has 0 radical (unpaired) electrons. The summed E-state index contributed by atoms with van der Waals surface area (Å²) in [6.45, 7) is 3.40. The highest BCUT2D eigenvalue weighted by atomic mass is 31.2. The van der Waals surface area contributed by atoms with E-state index < -0.39 is 16.6 Å². The fourth-order valence-electron chi connectivity index (χ4n) is 2.51. The number of hydrogen-bond donors (Lipinski definition) is 1. The Kier molecular flexibility index (Phi) is 16.7. The van der Waals surface area contributed by atoms with Crippen LogP contribution >= 0.6 is 7.82 Å². The summed E-state index contributed by atoms with van der Waals surface area (Å²) < 4.78 is 54.1. The monoisotopic (exact) mass is 478 g/mol. The average Bonchev–Trinajstić information content (AvgIpc) is 2.70. The maximum absolute atomic E-state index is 11.9. The quantitative estimate of drug-likeness (QED) is 0.112. The van der Waals surface area contributed by atoms with Gasteiger partial charge in [-0.15, -0.1) is 0 Å². The topological polar surface area (TPSA) is 111 Å². The Labute approximate surface area is 182 Å². The van der Waals surface area contributed by atoms with Crippen LogP contribution in [-0.2, 0) is 41.1 Å². The molecule has 0 aromatic carbocycles. The van der Waals surface area contributed by atoms with Crippen LogP contribution in [0.5, 0.6) is 0 Å². The number of likely N-dealkylation sites (N-methyl/N-ethyl adjacent to an activating group) is 1.